The molecule has 2 saturated carbocycles. The molecule has 1 aliphatic heterocycles. The molecule has 0 spiro atoms. The summed E-state index contributed by atoms with van der Waals surface area (Å²) in [5.41, 5.74) is 9.00. The van der Waals surface area contributed by atoms with Crippen molar-refractivity contribution >= 4 is 28.7 Å². The third kappa shape index (κ3) is 5.79. The molecule has 2 aliphatic carbocycles. The fraction of sp³-hybridized carbons (Fsp3) is 0.600. The molecule has 2 aromatic heterocycles. The number of piperidine rings is 1. The Morgan fingerprint density at radius 1 is 0.923 bits per heavy atom. The van der Waals surface area contributed by atoms with Gasteiger partial charge in [-0.25, -0.2) is 4.98 Å². The van der Waals surface area contributed by atoms with Gasteiger partial charge >= 0.3 is 0 Å². The van der Waals surface area contributed by atoms with Crippen LogP contribution < -0.4 is 16.4 Å². The second kappa shape index (κ2) is 11.6. The van der Waals surface area contributed by atoms with Crippen LogP contribution in [0.2, 0.25) is 0 Å². The summed E-state index contributed by atoms with van der Waals surface area (Å²) in [5, 5.41) is 7.37. The van der Waals surface area contributed by atoms with Crippen LogP contribution in [-0.2, 0) is 4.79 Å². The van der Waals surface area contributed by atoms with Crippen molar-refractivity contribution < 1.29 is 4.79 Å². The molecule has 3 aromatic rings. The fourth-order valence-electron chi connectivity index (χ4n) is 6.81. The molecular weight excluding hydrogens is 488 g/mol. The summed E-state index contributed by atoms with van der Waals surface area (Å²) >= 11 is 0. The van der Waals surface area contributed by atoms with Crippen LogP contribution >= 0.6 is 0 Å². The molecule has 9 nitrogen and oxygen atoms in total. The van der Waals surface area contributed by atoms with Crippen LogP contribution in [-0.4, -0.2) is 61.4 Å². The second-order valence-electron chi connectivity index (χ2n) is 11.8. The van der Waals surface area contributed by atoms with Gasteiger partial charge in [0, 0.05) is 37.3 Å². The van der Waals surface area contributed by atoms with Crippen LogP contribution in [0, 0.1) is 0 Å². The number of hydrogen-bond donors (Lipinski definition) is 3. The Morgan fingerprint density at radius 2 is 1.62 bits per heavy atom. The maximum absolute atomic E-state index is 12.6. The van der Waals surface area contributed by atoms with Crippen molar-refractivity contribution in [3.63, 3.8) is 0 Å². The van der Waals surface area contributed by atoms with Crippen molar-refractivity contribution in [1.82, 2.24) is 24.4 Å². The minimum Gasteiger partial charge on any atom is -0.365 e. The van der Waals surface area contributed by atoms with E-state index in [-0.39, 0.29) is 17.9 Å². The number of likely N-dealkylation sites (tertiary alicyclic amines) is 1. The first kappa shape index (κ1) is 26.2. The summed E-state index contributed by atoms with van der Waals surface area (Å²) < 4.78 is 2.27. The Bertz CT molecular complexity index is 1250. The lowest BCUT2D eigenvalue weighted by Crippen LogP contribution is -2.43. The second-order valence-corrected chi connectivity index (χ2v) is 11.8. The normalized spacial score (nSPS) is 24.2. The molecule has 0 amide bonds. The van der Waals surface area contributed by atoms with Crippen molar-refractivity contribution in [3.05, 3.63) is 42.2 Å². The SMILES string of the molecule is CC(=O)C(c1ccccc1)N1CCC(Nc2nc(NC3CCC(N)CC3)nc3c2ncn3C2CCCC2)CC1. The molecule has 0 bridgehead atoms. The fourth-order valence-corrected chi connectivity index (χ4v) is 6.81. The van der Waals surface area contributed by atoms with Crippen molar-refractivity contribution in [2.45, 2.75) is 101 Å². The first-order chi connectivity index (χ1) is 19.0. The summed E-state index contributed by atoms with van der Waals surface area (Å²) in [4.78, 5) is 29.7. The molecule has 1 atom stereocenters. The number of nitrogens with one attached hydrogen (secondary N) is 2. The van der Waals surface area contributed by atoms with E-state index in [1.54, 1.807) is 6.92 Å². The van der Waals surface area contributed by atoms with Crippen LogP contribution in [0.1, 0.15) is 88.8 Å². The lowest BCUT2D eigenvalue weighted by atomic mass is 9.92. The van der Waals surface area contributed by atoms with E-state index < -0.39 is 0 Å². The highest BCUT2D eigenvalue weighted by Gasteiger charge is 2.30. The first-order valence-electron chi connectivity index (χ1n) is 14.9. The van der Waals surface area contributed by atoms with Gasteiger partial charge in [-0.2, -0.15) is 9.97 Å². The van der Waals surface area contributed by atoms with E-state index in [4.69, 9.17) is 20.7 Å². The van der Waals surface area contributed by atoms with Gasteiger partial charge in [-0.3, -0.25) is 9.69 Å². The lowest BCUT2D eigenvalue weighted by Gasteiger charge is -2.37. The number of nitrogens with two attached hydrogens (primary N) is 1. The van der Waals surface area contributed by atoms with Crippen molar-refractivity contribution in [3.8, 4) is 0 Å². The number of imidazole rings is 1. The lowest BCUT2D eigenvalue weighted by molar-refractivity contribution is -0.122. The Morgan fingerprint density at radius 3 is 2.31 bits per heavy atom. The monoisotopic (exact) mass is 530 g/mol. The molecule has 1 aromatic carbocycles. The van der Waals surface area contributed by atoms with Gasteiger partial charge in [-0.15, -0.1) is 0 Å². The topological polar surface area (TPSA) is 114 Å². The predicted molar refractivity (Wildman–Crippen MR) is 155 cm³/mol. The number of anilines is 2. The third-order valence-electron chi connectivity index (χ3n) is 8.98. The molecule has 0 radical (unpaired) electrons. The number of carbonyl (C=O) groups excluding carboxylic acids is 1. The number of hydrogen-bond acceptors (Lipinski definition) is 8. The van der Waals surface area contributed by atoms with Gasteiger partial charge in [0.2, 0.25) is 5.95 Å². The molecule has 3 heterocycles. The highest BCUT2D eigenvalue weighted by Crippen LogP contribution is 2.34. The third-order valence-corrected chi connectivity index (χ3v) is 8.98. The van der Waals surface area contributed by atoms with Gasteiger partial charge in [0.25, 0.3) is 0 Å². The summed E-state index contributed by atoms with van der Waals surface area (Å²) in [6.07, 6.45) is 12.9. The number of nitrogens with zero attached hydrogens (tertiary/aromatic N) is 5. The largest absolute Gasteiger partial charge is 0.365 e. The van der Waals surface area contributed by atoms with E-state index in [1.807, 2.05) is 24.5 Å². The number of benzene rings is 1. The zero-order valence-corrected chi connectivity index (χ0v) is 23.1. The van der Waals surface area contributed by atoms with E-state index in [2.05, 4.69) is 32.2 Å². The molecule has 1 unspecified atom stereocenters. The minimum absolute atomic E-state index is 0.181. The minimum atomic E-state index is -0.181. The molecular formula is C30H42N8O. The van der Waals surface area contributed by atoms with E-state index >= 15 is 0 Å². The number of rotatable bonds is 8. The molecule has 1 saturated heterocycles. The van der Waals surface area contributed by atoms with Crippen LogP contribution in [0.4, 0.5) is 11.8 Å². The van der Waals surface area contributed by atoms with E-state index in [1.165, 1.54) is 25.7 Å². The van der Waals surface area contributed by atoms with Gasteiger partial charge in [-0.1, -0.05) is 43.2 Å². The standard InChI is InChI=1S/C30H42N8O/c1-20(39)27(21-7-3-2-4-8-21)37-17-15-24(16-18-37)33-28-26-29(38(19-32-26)25-9-5-6-10-25)36-30(35-28)34-23-13-11-22(31)12-14-23/h2-4,7-8,19,22-25,27H,5-6,9-18,31H2,1H3,(H2,33,34,35,36). The van der Waals surface area contributed by atoms with Crippen molar-refractivity contribution in [1.29, 1.82) is 0 Å². The van der Waals surface area contributed by atoms with Gasteiger partial charge in [0.05, 0.1) is 12.4 Å². The quantitative estimate of drug-likeness (QED) is 0.379. The Hall–Kier alpha value is -3.04. The number of Topliss-reactive ketones (excluding diaryl/α,β-unsaturated/α-hetero) is 1. The van der Waals surface area contributed by atoms with Crippen molar-refractivity contribution in [2.24, 2.45) is 5.73 Å². The van der Waals surface area contributed by atoms with Gasteiger partial charge < -0.3 is 20.9 Å². The Balaban J connectivity index is 1.21. The highest BCUT2D eigenvalue weighted by atomic mass is 16.1. The van der Waals surface area contributed by atoms with Crippen molar-refractivity contribution in [2.75, 3.05) is 23.7 Å². The zero-order chi connectivity index (χ0) is 26.8. The molecule has 3 fully saturated rings. The average molecular weight is 531 g/mol. The molecule has 208 valence electrons. The van der Waals surface area contributed by atoms with Gasteiger partial charge in [-0.05, 0) is 63.9 Å². The smallest absolute Gasteiger partial charge is 0.227 e. The Kier molecular flexibility index (Phi) is 7.79. The van der Waals surface area contributed by atoms with Gasteiger partial charge in [0.15, 0.2) is 22.8 Å². The van der Waals surface area contributed by atoms with Gasteiger partial charge in [0.1, 0.15) is 0 Å². The number of fused-ring (bicyclic) bond motifs is 1. The summed E-state index contributed by atoms with van der Waals surface area (Å²) in [6.45, 7) is 3.42. The highest BCUT2D eigenvalue weighted by molar-refractivity contribution is 5.85. The molecule has 4 N–H and O–H groups in total. The van der Waals surface area contributed by atoms with E-state index in [0.29, 0.717) is 24.1 Å². The molecule has 6 rings (SSSR count). The number of aromatic nitrogens is 4. The Labute approximate surface area is 231 Å². The van der Waals surface area contributed by atoms with E-state index in [9.17, 15) is 4.79 Å². The number of carbonyl (C=O) groups is 1. The summed E-state index contributed by atoms with van der Waals surface area (Å²) in [7, 11) is 0. The maximum atomic E-state index is 12.6. The molecule has 9 heteroatoms. The predicted octanol–water partition coefficient (Wildman–Crippen LogP) is 4.83. The van der Waals surface area contributed by atoms with Crippen LogP contribution in [0.3, 0.4) is 0 Å². The first-order valence-corrected chi connectivity index (χ1v) is 14.9. The molecule has 39 heavy (non-hydrogen) atoms. The summed E-state index contributed by atoms with van der Waals surface area (Å²) in [5.74, 6) is 1.70. The number of ketones is 1. The zero-order valence-electron chi connectivity index (χ0n) is 23.1. The molecule has 3 aliphatic rings. The summed E-state index contributed by atoms with van der Waals surface area (Å²) in [6, 6.07) is 11.3. The van der Waals surface area contributed by atoms with E-state index in [0.717, 1.165) is 74.2 Å². The van der Waals surface area contributed by atoms with Crippen LogP contribution in [0.25, 0.3) is 11.2 Å². The average Bonchev–Trinajstić information content (AvgIpc) is 3.62. The van der Waals surface area contributed by atoms with Crippen LogP contribution in [0.5, 0.6) is 0 Å². The maximum Gasteiger partial charge on any atom is 0.227 e. The van der Waals surface area contributed by atoms with Crippen LogP contribution in [0.15, 0.2) is 36.7 Å².